The number of aryl methyl sites for hydroxylation is 1. The summed E-state index contributed by atoms with van der Waals surface area (Å²) in [7, 11) is 2.15. The Balaban J connectivity index is 0.00000208. The van der Waals surface area contributed by atoms with Gasteiger partial charge >= 0.3 is 0 Å². The summed E-state index contributed by atoms with van der Waals surface area (Å²) in [4.78, 5) is 2.34. The van der Waals surface area contributed by atoms with Crippen LogP contribution in [0.15, 0.2) is 48.5 Å². The molecule has 0 aliphatic carbocycles. The minimum absolute atomic E-state index is 0. The fourth-order valence-electron chi connectivity index (χ4n) is 3.33. The van der Waals surface area contributed by atoms with Gasteiger partial charge in [-0.3, -0.25) is 0 Å². The fourth-order valence-corrected chi connectivity index (χ4v) is 4.74. The van der Waals surface area contributed by atoms with Gasteiger partial charge in [0.05, 0.1) is 0 Å². The number of benzene rings is 2. The first-order valence-corrected chi connectivity index (χ1v) is 9.21. The highest BCUT2D eigenvalue weighted by molar-refractivity contribution is 8.93. The smallest absolute Gasteiger partial charge is 0.127 e. The van der Waals surface area contributed by atoms with Gasteiger partial charge in [-0.25, -0.2) is 4.39 Å². The summed E-state index contributed by atoms with van der Waals surface area (Å²) in [5.74, 6) is 0.869. The Bertz CT molecular complexity index is 668. The van der Waals surface area contributed by atoms with E-state index in [-0.39, 0.29) is 27.5 Å². The standard InChI is InChI=1S/C20H24FNS.BrH/c1-16-6-5-7-17(14-16)15-23-20(10-12-22(2)13-11-20)18-8-3-4-9-19(18)21;/h3-9,14H,10-13,15H2,1-2H3;1H. The maximum absolute atomic E-state index is 14.5. The Hall–Kier alpha value is -0.840. The van der Waals surface area contributed by atoms with Crippen LogP contribution in [-0.4, -0.2) is 25.0 Å². The van der Waals surface area contributed by atoms with Crippen LogP contribution in [0.2, 0.25) is 0 Å². The second kappa shape index (κ2) is 8.50. The van der Waals surface area contributed by atoms with E-state index in [9.17, 15) is 4.39 Å². The van der Waals surface area contributed by atoms with E-state index in [1.165, 1.54) is 11.1 Å². The van der Waals surface area contributed by atoms with E-state index in [0.717, 1.165) is 37.2 Å². The van der Waals surface area contributed by atoms with Crippen molar-refractivity contribution in [1.82, 2.24) is 4.90 Å². The van der Waals surface area contributed by atoms with E-state index in [2.05, 4.69) is 43.1 Å². The van der Waals surface area contributed by atoms with Crippen LogP contribution >= 0.6 is 28.7 Å². The summed E-state index contributed by atoms with van der Waals surface area (Å²) in [6.45, 7) is 4.17. The normalized spacial score (nSPS) is 17.3. The zero-order valence-corrected chi connectivity index (χ0v) is 16.8. The van der Waals surface area contributed by atoms with Gasteiger partial charge in [-0.1, -0.05) is 48.0 Å². The number of halogens is 2. The van der Waals surface area contributed by atoms with E-state index in [4.69, 9.17) is 0 Å². The Morgan fingerprint density at radius 2 is 1.79 bits per heavy atom. The van der Waals surface area contributed by atoms with Crippen molar-refractivity contribution < 1.29 is 4.39 Å². The third-order valence-corrected chi connectivity index (χ3v) is 6.42. The summed E-state index contributed by atoms with van der Waals surface area (Å²) in [6.07, 6.45) is 2.00. The average Bonchev–Trinajstić information content (AvgIpc) is 2.55. The third kappa shape index (κ3) is 4.41. The highest BCUT2D eigenvalue weighted by Crippen LogP contribution is 2.47. The van der Waals surface area contributed by atoms with Crippen LogP contribution in [-0.2, 0) is 10.5 Å². The number of rotatable bonds is 4. The molecular weight excluding hydrogens is 385 g/mol. The molecule has 1 fully saturated rings. The molecule has 4 heteroatoms. The Morgan fingerprint density at radius 3 is 2.46 bits per heavy atom. The van der Waals surface area contributed by atoms with Gasteiger partial charge in [-0.2, -0.15) is 0 Å². The van der Waals surface area contributed by atoms with Crippen molar-refractivity contribution in [3.8, 4) is 0 Å². The summed E-state index contributed by atoms with van der Waals surface area (Å²) in [5.41, 5.74) is 3.49. The van der Waals surface area contributed by atoms with Gasteiger partial charge in [0, 0.05) is 16.1 Å². The van der Waals surface area contributed by atoms with Gasteiger partial charge < -0.3 is 4.90 Å². The van der Waals surface area contributed by atoms with Crippen molar-refractivity contribution in [2.24, 2.45) is 0 Å². The monoisotopic (exact) mass is 409 g/mol. The summed E-state index contributed by atoms with van der Waals surface area (Å²) < 4.78 is 14.4. The van der Waals surface area contributed by atoms with Crippen molar-refractivity contribution in [3.63, 3.8) is 0 Å². The zero-order valence-electron chi connectivity index (χ0n) is 14.3. The molecule has 1 aliphatic heterocycles. The molecule has 2 aromatic carbocycles. The molecule has 0 N–H and O–H groups in total. The molecule has 3 rings (SSSR count). The van der Waals surface area contributed by atoms with Crippen molar-refractivity contribution in [1.29, 1.82) is 0 Å². The predicted molar refractivity (Wildman–Crippen MR) is 108 cm³/mol. The van der Waals surface area contributed by atoms with E-state index in [0.29, 0.717) is 0 Å². The lowest BCUT2D eigenvalue weighted by Crippen LogP contribution is -2.39. The van der Waals surface area contributed by atoms with E-state index >= 15 is 0 Å². The summed E-state index contributed by atoms with van der Waals surface area (Å²) in [6, 6.07) is 16.0. The van der Waals surface area contributed by atoms with E-state index < -0.39 is 0 Å². The van der Waals surface area contributed by atoms with Gasteiger partial charge in [-0.05, 0) is 51.5 Å². The lowest BCUT2D eigenvalue weighted by molar-refractivity contribution is 0.237. The molecule has 130 valence electrons. The van der Waals surface area contributed by atoms with Crippen molar-refractivity contribution in [2.75, 3.05) is 20.1 Å². The summed E-state index contributed by atoms with van der Waals surface area (Å²) in [5, 5.41) is 0. The average molecular weight is 410 g/mol. The highest BCUT2D eigenvalue weighted by Gasteiger charge is 2.37. The number of thioether (sulfide) groups is 1. The van der Waals surface area contributed by atoms with E-state index in [1.54, 1.807) is 12.1 Å². The van der Waals surface area contributed by atoms with Crippen LogP contribution < -0.4 is 0 Å². The molecule has 0 saturated carbocycles. The Labute approximate surface area is 159 Å². The maximum Gasteiger partial charge on any atom is 0.127 e. The summed E-state index contributed by atoms with van der Waals surface area (Å²) >= 11 is 1.91. The largest absolute Gasteiger partial charge is 0.306 e. The van der Waals surface area contributed by atoms with Crippen LogP contribution in [0.3, 0.4) is 0 Å². The predicted octanol–water partition coefficient (Wildman–Crippen LogP) is 5.57. The molecule has 24 heavy (non-hydrogen) atoms. The molecule has 0 atom stereocenters. The molecule has 1 nitrogen and oxygen atoms in total. The first kappa shape index (κ1) is 19.5. The molecular formula is C20H25BrFNS. The van der Waals surface area contributed by atoms with Crippen LogP contribution in [0, 0.1) is 12.7 Å². The number of piperidine rings is 1. The van der Waals surface area contributed by atoms with E-state index in [1.807, 2.05) is 23.9 Å². The first-order valence-electron chi connectivity index (χ1n) is 8.22. The second-order valence-electron chi connectivity index (χ2n) is 6.56. The molecule has 0 radical (unpaired) electrons. The van der Waals surface area contributed by atoms with Crippen LogP contribution in [0.4, 0.5) is 4.39 Å². The van der Waals surface area contributed by atoms with Crippen molar-refractivity contribution >= 4 is 28.7 Å². The molecule has 1 saturated heterocycles. The molecule has 1 heterocycles. The van der Waals surface area contributed by atoms with Crippen LogP contribution in [0.1, 0.15) is 29.5 Å². The lowest BCUT2D eigenvalue weighted by Gasteiger charge is -2.41. The minimum Gasteiger partial charge on any atom is -0.306 e. The van der Waals surface area contributed by atoms with Crippen molar-refractivity contribution in [2.45, 2.75) is 30.3 Å². The molecule has 0 aromatic heterocycles. The van der Waals surface area contributed by atoms with Crippen LogP contribution in [0.5, 0.6) is 0 Å². The molecule has 0 unspecified atom stereocenters. The van der Waals surface area contributed by atoms with Gasteiger partial charge in [0.2, 0.25) is 0 Å². The quantitative estimate of drug-likeness (QED) is 0.649. The number of hydrogen-bond acceptors (Lipinski definition) is 2. The molecule has 0 spiro atoms. The van der Waals surface area contributed by atoms with Gasteiger partial charge in [0.15, 0.2) is 0 Å². The second-order valence-corrected chi connectivity index (χ2v) is 7.91. The highest BCUT2D eigenvalue weighted by atomic mass is 79.9. The lowest BCUT2D eigenvalue weighted by atomic mass is 9.88. The topological polar surface area (TPSA) is 3.24 Å². The first-order chi connectivity index (χ1) is 11.1. The van der Waals surface area contributed by atoms with Crippen LogP contribution in [0.25, 0.3) is 0 Å². The fraction of sp³-hybridized carbons (Fsp3) is 0.400. The minimum atomic E-state index is -0.110. The Morgan fingerprint density at radius 1 is 1.08 bits per heavy atom. The Kier molecular flexibility index (Phi) is 6.90. The number of hydrogen-bond donors (Lipinski definition) is 0. The van der Waals surface area contributed by atoms with Crippen molar-refractivity contribution in [3.05, 3.63) is 71.0 Å². The molecule has 0 bridgehead atoms. The van der Waals surface area contributed by atoms with Gasteiger partial charge in [0.25, 0.3) is 0 Å². The number of nitrogens with zero attached hydrogens (tertiary/aromatic N) is 1. The van der Waals surface area contributed by atoms with Gasteiger partial charge in [0.1, 0.15) is 5.82 Å². The van der Waals surface area contributed by atoms with Gasteiger partial charge in [-0.15, -0.1) is 28.7 Å². The zero-order chi connectivity index (χ0) is 16.3. The third-order valence-electron chi connectivity index (χ3n) is 4.76. The SMILES string of the molecule is Br.Cc1cccc(CSC2(c3ccccc3F)CCN(C)CC2)c1. The molecule has 1 aliphatic rings. The molecule has 2 aromatic rings. The molecule has 0 amide bonds. The maximum atomic E-state index is 14.5. The number of likely N-dealkylation sites (tertiary alicyclic amines) is 1.